The molecule has 0 aromatic heterocycles. The molecule has 1 heterocycles. The van der Waals surface area contributed by atoms with Crippen LogP contribution in [0.2, 0.25) is 0 Å². The number of likely N-dealkylation sites (N-methyl/N-ethyl adjacent to an activating group) is 1. The molecule has 2 saturated carbocycles. The van der Waals surface area contributed by atoms with Crippen LogP contribution in [0.25, 0.3) is 0 Å². The molecule has 3 aliphatic rings. The molecule has 4 unspecified atom stereocenters. The highest BCUT2D eigenvalue weighted by molar-refractivity contribution is 4.92. The molecule has 0 bridgehead atoms. The van der Waals surface area contributed by atoms with E-state index in [2.05, 4.69) is 17.1 Å². The molecule has 1 saturated heterocycles. The standard InChI is InChI=1S/C17H32N2/c1-2-18-16-9-5-6-10-17(16)19-12-11-14-7-3-4-8-15(14)13-19/h14-18H,2-13H2,1H3. The summed E-state index contributed by atoms with van der Waals surface area (Å²) in [5.74, 6) is 2.11. The van der Waals surface area contributed by atoms with E-state index in [1.54, 1.807) is 0 Å². The van der Waals surface area contributed by atoms with Gasteiger partial charge in [0.2, 0.25) is 0 Å². The smallest absolute Gasteiger partial charge is 0.0249 e. The van der Waals surface area contributed by atoms with E-state index in [1.807, 2.05) is 0 Å². The van der Waals surface area contributed by atoms with E-state index in [1.165, 1.54) is 70.9 Å². The lowest BCUT2D eigenvalue weighted by Crippen LogP contribution is -2.55. The predicted octanol–water partition coefficient (Wildman–Crippen LogP) is 3.42. The van der Waals surface area contributed by atoms with Gasteiger partial charge in [-0.2, -0.15) is 0 Å². The molecular weight excluding hydrogens is 232 g/mol. The van der Waals surface area contributed by atoms with Crippen molar-refractivity contribution >= 4 is 0 Å². The Labute approximate surface area is 119 Å². The zero-order valence-electron chi connectivity index (χ0n) is 12.7. The largest absolute Gasteiger partial charge is 0.313 e. The second kappa shape index (κ2) is 6.58. The van der Waals surface area contributed by atoms with E-state index in [0.29, 0.717) is 0 Å². The SMILES string of the molecule is CCNC1CCCCC1N1CCC2CCCCC2C1. The molecule has 3 fully saturated rings. The quantitative estimate of drug-likeness (QED) is 0.840. The van der Waals surface area contributed by atoms with Gasteiger partial charge in [0.05, 0.1) is 0 Å². The summed E-state index contributed by atoms with van der Waals surface area (Å²) in [6, 6.07) is 1.62. The van der Waals surface area contributed by atoms with Crippen LogP contribution in [0.5, 0.6) is 0 Å². The fraction of sp³-hybridized carbons (Fsp3) is 1.00. The van der Waals surface area contributed by atoms with Gasteiger partial charge >= 0.3 is 0 Å². The lowest BCUT2D eigenvalue weighted by Gasteiger charge is -2.47. The van der Waals surface area contributed by atoms with Gasteiger partial charge in [0.25, 0.3) is 0 Å². The molecule has 0 aromatic rings. The molecule has 2 aliphatic carbocycles. The highest BCUT2D eigenvalue weighted by Crippen LogP contribution is 2.38. The first kappa shape index (κ1) is 13.9. The van der Waals surface area contributed by atoms with E-state index in [0.717, 1.165) is 30.5 Å². The topological polar surface area (TPSA) is 15.3 Å². The average Bonchev–Trinajstić information content (AvgIpc) is 2.48. The van der Waals surface area contributed by atoms with Crippen molar-refractivity contribution in [3.05, 3.63) is 0 Å². The first-order valence-corrected chi connectivity index (χ1v) is 8.86. The van der Waals surface area contributed by atoms with Gasteiger partial charge in [-0.3, -0.25) is 4.90 Å². The summed E-state index contributed by atoms with van der Waals surface area (Å²) in [6.45, 7) is 6.20. The molecule has 2 heteroatoms. The Balaban J connectivity index is 1.60. The van der Waals surface area contributed by atoms with E-state index < -0.39 is 0 Å². The molecular formula is C17H32N2. The van der Waals surface area contributed by atoms with E-state index in [9.17, 15) is 0 Å². The molecule has 19 heavy (non-hydrogen) atoms. The van der Waals surface area contributed by atoms with Crippen LogP contribution in [-0.4, -0.2) is 36.6 Å². The fourth-order valence-corrected chi connectivity index (χ4v) is 4.98. The first-order valence-electron chi connectivity index (χ1n) is 8.86. The Hall–Kier alpha value is -0.0800. The van der Waals surface area contributed by atoms with Crippen LogP contribution in [0.3, 0.4) is 0 Å². The molecule has 1 N–H and O–H groups in total. The minimum absolute atomic E-state index is 0.777. The van der Waals surface area contributed by atoms with E-state index >= 15 is 0 Å². The highest BCUT2D eigenvalue weighted by atomic mass is 15.2. The zero-order chi connectivity index (χ0) is 13.1. The number of nitrogens with zero attached hydrogens (tertiary/aromatic N) is 1. The molecule has 0 aromatic carbocycles. The summed E-state index contributed by atoms with van der Waals surface area (Å²) in [6.07, 6.45) is 13.3. The Morgan fingerprint density at radius 2 is 1.63 bits per heavy atom. The van der Waals surface area contributed by atoms with Crippen molar-refractivity contribution in [2.75, 3.05) is 19.6 Å². The average molecular weight is 264 g/mol. The number of likely N-dealkylation sites (tertiary alicyclic amines) is 1. The van der Waals surface area contributed by atoms with Crippen LogP contribution < -0.4 is 5.32 Å². The van der Waals surface area contributed by atoms with Gasteiger partial charge in [0.1, 0.15) is 0 Å². The Morgan fingerprint density at radius 1 is 0.895 bits per heavy atom. The molecule has 3 rings (SSSR count). The maximum atomic E-state index is 3.76. The van der Waals surface area contributed by atoms with Gasteiger partial charge in [-0.1, -0.05) is 39.0 Å². The van der Waals surface area contributed by atoms with Gasteiger partial charge < -0.3 is 5.32 Å². The van der Waals surface area contributed by atoms with Gasteiger partial charge in [0, 0.05) is 18.6 Å². The van der Waals surface area contributed by atoms with Crippen LogP contribution in [0.15, 0.2) is 0 Å². The first-order chi connectivity index (χ1) is 9.38. The Morgan fingerprint density at radius 3 is 2.47 bits per heavy atom. The summed E-state index contributed by atoms with van der Waals surface area (Å²) in [5.41, 5.74) is 0. The van der Waals surface area contributed by atoms with Crippen molar-refractivity contribution in [2.45, 2.75) is 76.8 Å². The molecule has 110 valence electrons. The lowest BCUT2D eigenvalue weighted by atomic mass is 9.74. The third-order valence-electron chi connectivity index (χ3n) is 5.99. The molecule has 4 atom stereocenters. The Bertz CT molecular complexity index is 276. The summed E-state index contributed by atoms with van der Waals surface area (Å²) in [5, 5.41) is 3.76. The fourth-order valence-electron chi connectivity index (χ4n) is 4.98. The second-order valence-corrected chi connectivity index (χ2v) is 7.10. The lowest BCUT2D eigenvalue weighted by molar-refractivity contribution is 0.0311. The summed E-state index contributed by atoms with van der Waals surface area (Å²) in [7, 11) is 0. The zero-order valence-corrected chi connectivity index (χ0v) is 12.7. The Kier molecular flexibility index (Phi) is 4.81. The minimum Gasteiger partial charge on any atom is -0.313 e. The van der Waals surface area contributed by atoms with Crippen molar-refractivity contribution in [3.63, 3.8) is 0 Å². The van der Waals surface area contributed by atoms with Gasteiger partial charge in [-0.25, -0.2) is 0 Å². The number of hydrogen-bond donors (Lipinski definition) is 1. The van der Waals surface area contributed by atoms with Crippen LogP contribution >= 0.6 is 0 Å². The second-order valence-electron chi connectivity index (χ2n) is 7.10. The normalized spacial score (nSPS) is 40.9. The maximum absolute atomic E-state index is 3.76. The van der Waals surface area contributed by atoms with Crippen LogP contribution in [0, 0.1) is 11.8 Å². The van der Waals surface area contributed by atoms with Crippen LogP contribution in [0.1, 0.15) is 64.7 Å². The third kappa shape index (κ3) is 3.16. The number of piperidine rings is 1. The van der Waals surface area contributed by atoms with Gasteiger partial charge in [0.15, 0.2) is 0 Å². The number of nitrogens with one attached hydrogen (secondary N) is 1. The van der Waals surface area contributed by atoms with Crippen molar-refractivity contribution in [1.82, 2.24) is 10.2 Å². The number of fused-ring (bicyclic) bond motifs is 1. The molecule has 0 radical (unpaired) electrons. The van der Waals surface area contributed by atoms with E-state index in [4.69, 9.17) is 0 Å². The number of rotatable bonds is 3. The summed E-state index contributed by atoms with van der Waals surface area (Å²) in [4.78, 5) is 2.87. The predicted molar refractivity (Wildman–Crippen MR) is 81.4 cm³/mol. The van der Waals surface area contributed by atoms with Crippen LogP contribution in [-0.2, 0) is 0 Å². The monoisotopic (exact) mass is 264 g/mol. The minimum atomic E-state index is 0.777. The van der Waals surface area contributed by atoms with Gasteiger partial charge in [-0.15, -0.1) is 0 Å². The third-order valence-corrected chi connectivity index (χ3v) is 5.99. The summed E-state index contributed by atoms with van der Waals surface area (Å²) >= 11 is 0. The molecule has 1 aliphatic heterocycles. The van der Waals surface area contributed by atoms with Crippen molar-refractivity contribution in [1.29, 1.82) is 0 Å². The molecule has 0 amide bonds. The molecule has 0 spiro atoms. The van der Waals surface area contributed by atoms with Crippen LogP contribution in [0.4, 0.5) is 0 Å². The maximum Gasteiger partial charge on any atom is 0.0249 e. The van der Waals surface area contributed by atoms with E-state index in [-0.39, 0.29) is 0 Å². The highest BCUT2D eigenvalue weighted by Gasteiger charge is 2.36. The number of hydrogen-bond acceptors (Lipinski definition) is 2. The van der Waals surface area contributed by atoms with Crippen molar-refractivity contribution in [3.8, 4) is 0 Å². The van der Waals surface area contributed by atoms with Crippen molar-refractivity contribution in [2.24, 2.45) is 11.8 Å². The molecule has 2 nitrogen and oxygen atoms in total. The summed E-state index contributed by atoms with van der Waals surface area (Å²) < 4.78 is 0. The van der Waals surface area contributed by atoms with Gasteiger partial charge in [-0.05, 0) is 50.6 Å². The van der Waals surface area contributed by atoms with Crippen molar-refractivity contribution < 1.29 is 0 Å².